The van der Waals surface area contributed by atoms with Gasteiger partial charge in [0.15, 0.2) is 0 Å². The molecule has 144 valence electrons. The lowest BCUT2D eigenvalue weighted by molar-refractivity contribution is 0.0746. The van der Waals surface area contributed by atoms with Gasteiger partial charge in [-0.05, 0) is 13.0 Å². The predicted molar refractivity (Wildman–Crippen MR) is 103 cm³/mol. The van der Waals surface area contributed by atoms with Crippen molar-refractivity contribution < 1.29 is 9.53 Å². The van der Waals surface area contributed by atoms with Crippen LogP contribution in [0.1, 0.15) is 16.2 Å². The van der Waals surface area contributed by atoms with Crippen LogP contribution in [0.4, 0.5) is 5.82 Å². The number of aromatic nitrogens is 5. The Morgan fingerprint density at radius 1 is 1.11 bits per heavy atom. The molecule has 28 heavy (non-hydrogen) atoms. The Balaban J connectivity index is 1.44. The second-order valence-electron chi connectivity index (χ2n) is 6.47. The smallest absolute Gasteiger partial charge is 0.255 e. The van der Waals surface area contributed by atoms with Gasteiger partial charge in [-0.2, -0.15) is 0 Å². The highest BCUT2D eigenvalue weighted by Gasteiger charge is 2.23. The van der Waals surface area contributed by atoms with Crippen LogP contribution in [0.5, 0.6) is 5.88 Å². The topological polar surface area (TPSA) is 89.3 Å². The number of methoxy groups -OCH3 is 1. The molecule has 3 aromatic heterocycles. The lowest BCUT2D eigenvalue weighted by Crippen LogP contribution is -2.49. The van der Waals surface area contributed by atoms with E-state index < -0.39 is 0 Å². The molecule has 0 bridgehead atoms. The summed E-state index contributed by atoms with van der Waals surface area (Å²) in [5.74, 6) is 2.81. The first-order valence-corrected chi connectivity index (χ1v) is 9.02. The third kappa shape index (κ3) is 3.64. The number of carbonyl (C=O) groups excluding carboxylic acids is 1. The molecule has 0 saturated carbocycles. The number of ether oxygens (including phenoxy) is 1. The Hall–Kier alpha value is -3.49. The SMILES string of the molecule is COc1ccc(C(=O)N2CCN(c3cc(-n4ccnc4)nc(C)n3)CC2)cn1. The fraction of sp³-hybridized carbons (Fsp3) is 0.316. The van der Waals surface area contributed by atoms with E-state index in [1.807, 2.05) is 28.7 Å². The number of amides is 1. The van der Waals surface area contributed by atoms with E-state index >= 15 is 0 Å². The number of imidazole rings is 1. The minimum Gasteiger partial charge on any atom is -0.481 e. The first kappa shape index (κ1) is 17.9. The quantitative estimate of drug-likeness (QED) is 0.676. The fourth-order valence-electron chi connectivity index (χ4n) is 3.17. The van der Waals surface area contributed by atoms with Gasteiger partial charge in [0.25, 0.3) is 5.91 Å². The standard InChI is InChI=1S/C19H21N7O2/c1-14-22-16(11-17(23-14)26-6-5-20-13-26)24-7-9-25(10-8-24)19(27)15-3-4-18(28-2)21-12-15/h3-6,11-13H,7-10H2,1-2H3. The summed E-state index contributed by atoms with van der Waals surface area (Å²) in [7, 11) is 1.55. The van der Waals surface area contributed by atoms with Crippen LogP contribution in [0.2, 0.25) is 0 Å². The van der Waals surface area contributed by atoms with E-state index in [0.29, 0.717) is 43.4 Å². The van der Waals surface area contributed by atoms with Crippen molar-refractivity contribution in [2.24, 2.45) is 0 Å². The van der Waals surface area contributed by atoms with Gasteiger partial charge in [-0.3, -0.25) is 9.36 Å². The maximum atomic E-state index is 12.7. The highest BCUT2D eigenvalue weighted by atomic mass is 16.5. The number of aryl methyl sites for hydroxylation is 1. The summed E-state index contributed by atoms with van der Waals surface area (Å²) in [4.78, 5) is 33.9. The van der Waals surface area contributed by atoms with E-state index in [9.17, 15) is 4.79 Å². The molecule has 0 N–H and O–H groups in total. The van der Waals surface area contributed by atoms with E-state index in [4.69, 9.17) is 4.74 Å². The summed E-state index contributed by atoms with van der Waals surface area (Å²) >= 11 is 0. The van der Waals surface area contributed by atoms with Crippen molar-refractivity contribution in [1.82, 2.24) is 29.4 Å². The number of nitrogens with zero attached hydrogens (tertiary/aromatic N) is 7. The van der Waals surface area contributed by atoms with E-state index in [0.717, 1.165) is 11.6 Å². The van der Waals surface area contributed by atoms with Gasteiger partial charge in [0.1, 0.15) is 23.8 Å². The van der Waals surface area contributed by atoms with Gasteiger partial charge >= 0.3 is 0 Å². The summed E-state index contributed by atoms with van der Waals surface area (Å²) < 4.78 is 6.90. The average molecular weight is 379 g/mol. The average Bonchev–Trinajstić information content (AvgIpc) is 3.28. The van der Waals surface area contributed by atoms with Crippen LogP contribution >= 0.6 is 0 Å². The normalized spacial score (nSPS) is 14.2. The van der Waals surface area contributed by atoms with Crippen LogP contribution < -0.4 is 9.64 Å². The molecule has 9 heteroatoms. The number of hydrogen-bond donors (Lipinski definition) is 0. The molecule has 0 spiro atoms. The molecule has 0 radical (unpaired) electrons. The fourth-order valence-corrected chi connectivity index (χ4v) is 3.17. The van der Waals surface area contributed by atoms with E-state index in [1.54, 1.807) is 38.0 Å². The molecule has 1 amide bonds. The van der Waals surface area contributed by atoms with Crippen LogP contribution in [0.15, 0.2) is 43.1 Å². The summed E-state index contributed by atoms with van der Waals surface area (Å²) in [5, 5.41) is 0. The monoisotopic (exact) mass is 379 g/mol. The lowest BCUT2D eigenvalue weighted by Gasteiger charge is -2.35. The van der Waals surface area contributed by atoms with Gasteiger partial charge in [-0.1, -0.05) is 0 Å². The van der Waals surface area contributed by atoms with Gasteiger partial charge in [0.05, 0.1) is 12.7 Å². The first-order valence-electron chi connectivity index (χ1n) is 9.02. The van der Waals surface area contributed by atoms with Crippen molar-refractivity contribution in [3.8, 4) is 11.7 Å². The lowest BCUT2D eigenvalue weighted by atomic mass is 10.2. The van der Waals surface area contributed by atoms with Crippen LogP contribution in [0, 0.1) is 6.92 Å². The van der Waals surface area contributed by atoms with Crippen LogP contribution in [-0.4, -0.2) is 68.6 Å². The van der Waals surface area contributed by atoms with Gasteiger partial charge < -0.3 is 14.5 Å². The Kier molecular flexibility index (Phi) is 4.88. The predicted octanol–water partition coefficient (Wildman–Crippen LogP) is 1.34. The van der Waals surface area contributed by atoms with Crippen molar-refractivity contribution in [2.75, 3.05) is 38.2 Å². The number of hydrogen-bond acceptors (Lipinski definition) is 7. The van der Waals surface area contributed by atoms with Gasteiger partial charge in [0, 0.05) is 56.9 Å². The van der Waals surface area contributed by atoms with E-state index in [-0.39, 0.29) is 5.91 Å². The van der Waals surface area contributed by atoms with Crippen molar-refractivity contribution in [3.63, 3.8) is 0 Å². The number of carbonyl (C=O) groups is 1. The molecule has 4 rings (SSSR count). The zero-order valence-electron chi connectivity index (χ0n) is 15.8. The Morgan fingerprint density at radius 3 is 2.54 bits per heavy atom. The largest absolute Gasteiger partial charge is 0.481 e. The molecule has 0 aliphatic carbocycles. The van der Waals surface area contributed by atoms with Crippen molar-refractivity contribution in [3.05, 3.63) is 54.5 Å². The molecular weight excluding hydrogens is 358 g/mol. The first-order chi connectivity index (χ1) is 13.6. The molecule has 1 aliphatic rings. The maximum absolute atomic E-state index is 12.7. The minimum absolute atomic E-state index is 0.0206. The Morgan fingerprint density at radius 2 is 1.89 bits per heavy atom. The summed E-state index contributed by atoms with van der Waals surface area (Å²) in [6, 6.07) is 5.38. The zero-order chi connectivity index (χ0) is 19.5. The molecule has 0 atom stereocenters. The van der Waals surface area contributed by atoms with Crippen LogP contribution in [-0.2, 0) is 0 Å². The van der Waals surface area contributed by atoms with Gasteiger partial charge in [0.2, 0.25) is 5.88 Å². The summed E-state index contributed by atoms with van der Waals surface area (Å²) in [6.45, 7) is 4.52. The number of pyridine rings is 1. The number of rotatable bonds is 4. The molecule has 1 saturated heterocycles. The van der Waals surface area contributed by atoms with Crippen molar-refractivity contribution >= 4 is 11.7 Å². The molecule has 0 unspecified atom stereocenters. The molecule has 0 aromatic carbocycles. The molecule has 1 aliphatic heterocycles. The molecule has 9 nitrogen and oxygen atoms in total. The van der Waals surface area contributed by atoms with Crippen LogP contribution in [0.25, 0.3) is 5.82 Å². The number of piperazine rings is 1. The Labute approximate surface area is 162 Å². The Bertz CT molecular complexity index is 949. The van der Waals surface area contributed by atoms with Gasteiger partial charge in [-0.15, -0.1) is 0 Å². The molecule has 4 heterocycles. The summed E-state index contributed by atoms with van der Waals surface area (Å²) in [5.41, 5.74) is 0.564. The molecule has 3 aromatic rings. The third-order valence-corrected chi connectivity index (χ3v) is 4.66. The molecule has 1 fully saturated rings. The summed E-state index contributed by atoms with van der Waals surface area (Å²) in [6.07, 6.45) is 6.84. The second kappa shape index (κ2) is 7.63. The minimum atomic E-state index is -0.0206. The van der Waals surface area contributed by atoms with E-state index in [2.05, 4.69) is 24.8 Å². The third-order valence-electron chi connectivity index (χ3n) is 4.66. The maximum Gasteiger partial charge on any atom is 0.255 e. The van der Waals surface area contributed by atoms with E-state index in [1.165, 1.54) is 0 Å². The van der Waals surface area contributed by atoms with Crippen molar-refractivity contribution in [1.29, 1.82) is 0 Å². The number of anilines is 1. The van der Waals surface area contributed by atoms with Crippen molar-refractivity contribution in [2.45, 2.75) is 6.92 Å². The second-order valence-corrected chi connectivity index (χ2v) is 6.47. The zero-order valence-corrected chi connectivity index (χ0v) is 15.8. The van der Waals surface area contributed by atoms with Gasteiger partial charge in [-0.25, -0.2) is 19.9 Å². The molecular formula is C19H21N7O2. The highest BCUT2D eigenvalue weighted by Crippen LogP contribution is 2.18. The highest BCUT2D eigenvalue weighted by molar-refractivity contribution is 5.94. The van der Waals surface area contributed by atoms with Crippen LogP contribution in [0.3, 0.4) is 0 Å².